The number of hydrogen-bond acceptors (Lipinski definition) is 5. The highest BCUT2D eigenvalue weighted by atomic mass is 79.9. The minimum Gasteiger partial charge on any atom is -0.504 e. The summed E-state index contributed by atoms with van der Waals surface area (Å²) in [6, 6.07) is 5.65. The Kier molecular flexibility index (Phi) is 4.15. The molecular formula is C12H11BrN2O4S. The Balaban J connectivity index is 2.31. The summed E-state index contributed by atoms with van der Waals surface area (Å²) in [7, 11) is -2.36. The standard InChI is InChI=1S/C12H11BrN2O4S/c1-19-12-3-2-9(5-11(12)16)15-20(17,18)10-4-8(13)6-14-7-10/h2-7,15-16H,1H3. The van der Waals surface area contributed by atoms with Crippen molar-refractivity contribution < 1.29 is 18.3 Å². The summed E-state index contributed by atoms with van der Waals surface area (Å²) in [5.74, 6) is 0.108. The van der Waals surface area contributed by atoms with Crippen LogP contribution in [0.4, 0.5) is 5.69 Å². The van der Waals surface area contributed by atoms with E-state index in [1.165, 1.54) is 43.8 Å². The molecule has 6 nitrogen and oxygen atoms in total. The fraction of sp³-hybridized carbons (Fsp3) is 0.0833. The third-order valence-corrected chi connectivity index (χ3v) is 4.20. The summed E-state index contributed by atoms with van der Waals surface area (Å²) in [6.07, 6.45) is 2.72. The average Bonchev–Trinajstić information content (AvgIpc) is 2.38. The van der Waals surface area contributed by atoms with Crippen LogP contribution in [-0.2, 0) is 10.0 Å². The number of nitrogens with zero attached hydrogens (tertiary/aromatic N) is 1. The van der Waals surface area contributed by atoms with Crippen LogP contribution in [0.5, 0.6) is 11.5 Å². The smallest absolute Gasteiger partial charge is 0.263 e. The fourth-order valence-electron chi connectivity index (χ4n) is 1.51. The topological polar surface area (TPSA) is 88.5 Å². The molecule has 2 rings (SSSR count). The van der Waals surface area contributed by atoms with Gasteiger partial charge in [0.25, 0.3) is 10.0 Å². The lowest BCUT2D eigenvalue weighted by atomic mass is 10.3. The van der Waals surface area contributed by atoms with Crippen LogP contribution in [0.1, 0.15) is 0 Å². The van der Waals surface area contributed by atoms with Crippen molar-refractivity contribution in [3.8, 4) is 11.5 Å². The number of benzene rings is 1. The summed E-state index contributed by atoms with van der Waals surface area (Å²) in [5, 5.41) is 9.62. The van der Waals surface area contributed by atoms with Crippen LogP contribution in [0.3, 0.4) is 0 Å². The minimum atomic E-state index is -3.77. The Morgan fingerprint density at radius 3 is 2.65 bits per heavy atom. The molecule has 0 spiro atoms. The predicted molar refractivity (Wildman–Crippen MR) is 77.4 cm³/mol. The zero-order chi connectivity index (χ0) is 14.8. The fourth-order valence-corrected chi connectivity index (χ4v) is 3.06. The second kappa shape index (κ2) is 5.68. The molecule has 0 aliphatic heterocycles. The third kappa shape index (κ3) is 3.20. The van der Waals surface area contributed by atoms with Gasteiger partial charge in [0.2, 0.25) is 0 Å². The van der Waals surface area contributed by atoms with E-state index in [0.717, 1.165) is 0 Å². The maximum Gasteiger partial charge on any atom is 0.263 e. The Labute approximate surface area is 124 Å². The van der Waals surface area contributed by atoms with Gasteiger partial charge in [-0.1, -0.05) is 0 Å². The Hall–Kier alpha value is -1.80. The number of methoxy groups -OCH3 is 1. The average molecular weight is 359 g/mol. The van der Waals surface area contributed by atoms with Crippen LogP contribution in [0.2, 0.25) is 0 Å². The highest BCUT2D eigenvalue weighted by Crippen LogP contribution is 2.29. The van der Waals surface area contributed by atoms with Gasteiger partial charge in [-0.25, -0.2) is 8.42 Å². The summed E-state index contributed by atoms with van der Waals surface area (Å²) >= 11 is 3.16. The normalized spacial score (nSPS) is 11.1. The van der Waals surface area contributed by atoms with Gasteiger partial charge in [0.1, 0.15) is 4.90 Å². The number of sulfonamides is 1. The number of aromatic hydroxyl groups is 1. The van der Waals surface area contributed by atoms with E-state index in [1.807, 2.05) is 0 Å². The highest BCUT2D eigenvalue weighted by Gasteiger charge is 2.16. The van der Waals surface area contributed by atoms with E-state index in [4.69, 9.17) is 4.74 Å². The first-order valence-electron chi connectivity index (χ1n) is 5.43. The van der Waals surface area contributed by atoms with Crippen LogP contribution in [-0.4, -0.2) is 25.6 Å². The van der Waals surface area contributed by atoms with E-state index in [9.17, 15) is 13.5 Å². The van der Waals surface area contributed by atoms with Crippen molar-refractivity contribution in [2.75, 3.05) is 11.8 Å². The first-order valence-corrected chi connectivity index (χ1v) is 7.70. The molecule has 20 heavy (non-hydrogen) atoms. The van der Waals surface area contributed by atoms with Gasteiger partial charge in [-0.2, -0.15) is 0 Å². The van der Waals surface area contributed by atoms with E-state index in [2.05, 4.69) is 25.6 Å². The molecule has 106 valence electrons. The number of aromatic nitrogens is 1. The molecule has 0 radical (unpaired) electrons. The van der Waals surface area contributed by atoms with Crippen molar-refractivity contribution in [2.24, 2.45) is 0 Å². The van der Waals surface area contributed by atoms with Crippen LogP contribution >= 0.6 is 15.9 Å². The number of pyridine rings is 1. The molecule has 0 atom stereocenters. The van der Waals surface area contributed by atoms with E-state index in [1.54, 1.807) is 0 Å². The molecule has 1 aromatic heterocycles. The van der Waals surface area contributed by atoms with Gasteiger partial charge in [-0.05, 0) is 34.1 Å². The quantitative estimate of drug-likeness (QED) is 0.875. The number of anilines is 1. The molecule has 2 N–H and O–H groups in total. The number of rotatable bonds is 4. The molecule has 1 aromatic carbocycles. The van der Waals surface area contributed by atoms with Gasteiger partial charge in [0.15, 0.2) is 11.5 Å². The Morgan fingerprint density at radius 2 is 2.05 bits per heavy atom. The number of phenolic OH excluding ortho intramolecular Hbond substituents is 1. The summed E-state index contributed by atoms with van der Waals surface area (Å²) in [6.45, 7) is 0. The molecule has 0 aliphatic carbocycles. The molecule has 0 amide bonds. The summed E-state index contributed by atoms with van der Waals surface area (Å²) < 4.78 is 32.1. The summed E-state index contributed by atoms with van der Waals surface area (Å²) in [4.78, 5) is 3.82. The molecule has 2 aromatic rings. The maximum atomic E-state index is 12.1. The molecule has 0 saturated carbocycles. The molecular weight excluding hydrogens is 348 g/mol. The molecule has 0 bridgehead atoms. The Morgan fingerprint density at radius 1 is 1.30 bits per heavy atom. The minimum absolute atomic E-state index is 0.0159. The van der Waals surface area contributed by atoms with Gasteiger partial charge in [0.05, 0.1) is 12.8 Å². The summed E-state index contributed by atoms with van der Waals surface area (Å²) in [5.41, 5.74) is 0.225. The van der Waals surface area contributed by atoms with Crippen molar-refractivity contribution in [3.05, 3.63) is 41.1 Å². The van der Waals surface area contributed by atoms with Crippen LogP contribution in [0.25, 0.3) is 0 Å². The number of hydrogen-bond donors (Lipinski definition) is 2. The van der Waals surface area contributed by atoms with Crippen molar-refractivity contribution in [3.63, 3.8) is 0 Å². The van der Waals surface area contributed by atoms with Gasteiger partial charge < -0.3 is 9.84 Å². The lowest BCUT2D eigenvalue weighted by Gasteiger charge is -2.10. The van der Waals surface area contributed by atoms with Crippen molar-refractivity contribution >= 4 is 31.6 Å². The first kappa shape index (κ1) is 14.6. The van der Waals surface area contributed by atoms with E-state index in [-0.39, 0.29) is 22.1 Å². The van der Waals surface area contributed by atoms with E-state index >= 15 is 0 Å². The monoisotopic (exact) mass is 358 g/mol. The predicted octanol–water partition coefficient (Wildman–Crippen LogP) is 2.36. The molecule has 0 fully saturated rings. The number of halogens is 1. The lowest BCUT2D eigenvalue weighted by Crippen LogP contribution is -2.13. The van der Waals surface area contributed by atoms with Gasteiger partial charge in [-0.15, -0.1) is 0 Å². The SMILES string of the molecule is COc1ccc(NS(=O)(=O)c2cncc(Br)c2)cc1O. The lowest BCUT2D eigenvalue weighted by molar-refractivity contribution is 0.373. The number of nitrogens with one attached hydrogen (secondary N) is 1. The zero-order valence-corrected chi connectivity index (χ0v) is 12.8. The van der Waals surface area contributed by atoms with Crippen LogP contribution < -0.4 is 9.46 Å². The van der Waals surface area contributed by atoms with E-state index in [0.29, 0.717) is 4.47 Å². The molecule has 0 aliphatic rings. The molecule has 8 heteroatoms. The number of phenols is 1. The zero-order valence-electron chi connectivity index (χ0n) is 10.4. The molecule has 0 unspecified atom stereocenters. The first-order chi connectivity index (χ1) is 9.42. The second-order valence-electron chi connectivity index (χ2n) is 3.83. The highest BCUT2D eigenvalue weighted by molar-refractivity contribution is 9.10. The van der Waals surface area contributed by atoms with Crippen LogP contribution in [0, 0.1) is 0 Å². The maximum absolute atomic E-state index is 12.1. The Bertz CT molecular complexity index is 734. The van der Waals surface area contributed by atoms with Gasteiger partial charge >= 0.3 is 0 Å². The van der Waals surface area contributed by atoms with Gasteiger partial charge in [-0.3, -0.25) is 9.71 Å². The van der Waals surface area contributed by atoms with Gasteiger partial charge in [0, 0.05) is 22.9 Å². The van der Waals surface area contributed by atoms with E-state index < -0.39 is 10.0 Å². The van der Waals surface area contributed by atoms with Crippen molar-refractivity contribution in [1.29, 1.82) is 0 Å². The largest absolute Gasteiger partial charge is 0.504 e. The van der Waals surface area contributed by atoms with Crippen molar-refractivity contribution in [1.82, 2.24) is 4.98 Å². The number of ether oxygens (including phenoxy) is 1. The molecule has 0 saturated heterocycles. The second-order valence-corrected chi connectivity index (χ2v) is 6.43. The van der Waals surface area contributed by atoms with Crippen molar-refractivity contribution in [2.45, 2.75) is 4.90 Å². The molecule has 1 heterocycles. The third-order valence-electron chi connectivity index (χ3n) is 2.42. The van der Waals surface area contributed by atoms with Crippen LogP contribution in [0.15, 0.2) is 46.0 Å².